The molecule has 1 aliphatic heterocycles. The zero-order valence-electron chi connectivity index (χ0n) is 16.9. The number of anilines is 1. The summed E-state index contributed by atoms with van der Waals surface area (Å²) in [5.74, 6) is -1.32. The summed E-state index contributed by atoms with van der Waals surface area (Å²) >= 11 is 0. The Morgan fingerprint density at radius 3 is 2.64 bits per heavy atom. The van der Waals surface area contributed by atoms with Crippen molar-refractivity contribution in [3.63, 3.8) is 0 Å². The van der Waals surface area contributed by atoms with Crippen molar-refractivity contribution in [3.8, 4) is 6.01 Å². The maximum Gasteiger partial charge on any atom is 0.436 e. The van der Waals surface area contributed by atoms with Crippen LogP contribution in [0.25, 0.3) is 0 Å². The van der Waals surface area contributed by atoms with Crippen molar-refractivity contribution in [1.82, 2.24) is 19.6 Å². The van der Waals surface area contributed by atoms with Crippen molar-refractivity contribution >= 4 is 17.6 Å². The Labute approximate surface area is 183 Å². The molecule has 0 fully saturated rings. The average molecular weight is 466 g/mol. The van der Waals surface area contributed by atoms with E-state index in [1.165, 1.54) is 6.20 Å². The highest BCUT2D eigenvalue weighted by Crippen LogP contribution is 2.30. The van der Waals surface area contributed by atoms with Crippen LogP contribution in [0.5, 0.6) is 6.01 Å². The number of amides is 1. The first-order valence-corrected chi connectivity index (χ1v) is 9.70. The molecule has 1 N–H and O–H groups in total. The third-order valence-electron chi connectivity index (χ3n) is 4.87. The van der Waals surface area contributed by atoms with E-state index >= 15 is 0 Å². The quantitative estimate of drug-likeness (QED) is 0.449. The van der Waals surface area contributed by atoms with E-state index in [9.17, 15) is 28.1 Å². The van der Waals surface area contributed by atoms with Gasteiger partial charge in [-0.1, -0.05) is 17.3 Å². The van der Waals surface area contributed by atoms with Crippen molar-refractivity contribution in [1.29, 1.82) is 0 Å². The second-order valence-corrected chi connectivity index (χ2v) is 7.18. The third-order valence-corrected chi connectivity index (χ3v) is 4.87. The highest BCUT2D eigenvalue weighted by molar-refractivity contribution is 6.03. The number of aromatic nitrogens is 3. The molecule has 0 unspecified atom stereocenters. The predicted molar refractivity (Wildman–Crippen MR) is 106 cm³/mol. The van der Waals surface area contributed by atoms with Gasteiger partial charge in [0.05, 0.1) is 0 Å². The molecule has 1 aromatic carbocycles. The number of alkyl halides is 3. The molecule has 0 bridgehead atoms. The largest absolute Gasteiger partial charge is 0.444 e. The van der Waals surface area contributed by atoms with Crippen LogP contribution in [0.2, 0.25) is 0 Å². The normalized spacial score (nSPS) is 14.6. The van der Waals surface area contributed by atoms with Gasteiger partial charge in [-0.05, 0) is 22.6 Å². The van der Waals surface area contributed by atoms with E-state index in [1.54, 1.807) is 28.8 Å². The van der Waals surface area contributed by atoms with E-state index in [0.717, 1.165) is 5.56 Å². The third kappa shape index (κ3) is 5.28. The molecule has 3 heterocycles. The summed E-state index contributed by atoms with van der Waals surface area (Å²) in [6.45, 7) is 2.45. The molecule has 1 amide bonds. The number of nitrogens with zero attached hydrogens (tertiary/aromatic N) is 5. The molecule has 0 aliphatic carbocycles. The van der Waals surface area contributed by atoms with E-state index in [1.807, 2.05) is 0 Å². The summed E-state index contributed by atoms with van der Waals surface area (Å²) in [6.07, 6.45) is -3.34. The topological polar surface area (TPSA) is 129 Å². The molecule has 14 heteroatoms. The lowest BCUT2D eigenvalue weighted by molar-refractivity contribution is -0.389. The van der Waals surface area contributed by atoms with Gasteiger partial charge in [0.1, 0.15) is 12.8 Å². The number of ether oxygens (including phenoxy) is 1. The first kappa shape index (κ1) is 22.3. The van der Waals surface area contributed by atoms with Crippen molar-refractivity contribution in [3.05, 3.63) is 63.5 Å². The molecule has 174 valence electrons. The van der Waals surface area contributed by atoms with Gasteiger partial charge in [-0.3, -0.25) is 19.6 Å². The van der Waals surface area contributed by atoms with Gasteiger partial charge in [-0.2, -0.15) is 13.2 Å². The minimum Gasteiger partial charge on any atom is -0.444 e. The first-order chi connectivity index (χ1) is 15.7. The number of nitrogens with one attached hydrogen (secondary N) is 1. The lowest BCUT2D eigenvalue weighted by Crippen LogP contribution is -2.33. The van der Waals surface area contributed by atoms with Crippen LogP contribution in [0, 0.1) is 10.1 Å². The molecular weight excluding hydrogens is 449 g/mol. The van der Waals surface area contributed by atoms with Gasteiger partial charge in [-0.15, -0.1) is 0 Å². The average Bonchev–Trinajstić information content (AvgIpc) is 3.37. The van der Waals surface area contributed by atoms with Crippen LogP contribution in [-0.4, -0.2) is 50.1 Å². The van der Waals surface area contributed by atoms with E-state index < -0.39 is 28.6 Å². The summed E-state index contributed by atoms with van der Waals surface area (Å²) in [6, 6.07) is 7.36. The van der Waals surface area contributed by atoms with Gasteiger partial charge in [0, 0.05) is 42.8 Å². The number of hydrogen-bond donors (Lipinski definition) is 1. The molecule has 0 atom stereocenters. The van der Waals surface area contributed by atoms with E-state index in [0.29, 0.717) is 38.9 Å². The van der Waals surface area contributed by atoms with Gasteiger partial charge in [0.2, 0.25) is 5.88 Å². The molecule has 33 heavy (non-hydrogen) atoms. The standard InChI is InChI=1S/C19H17F3N6O5/c20-19(21,22)14-9-16(33-25-14)24-17(29)13-3-1-12(2-4-13)10-26-5-6-27-11-15(28(30)31)23-18(27)32-8-7-26/h1-4,9,11H,5-8,10H2,(H,24,29). The summed E-state index contributed by atoms with van der Waals surface area (Å²) in [4.78, 5) is 28.5. The van der Waals surface area contributed by atoms with Gasteiger partial charge in [-0.25, -0.2) is 0 Å². The zero-order valence-corrected chi connectivity index (χ0v) is 16.9. The zero-order chi connectivity index (χ0) is 23.6. The summed E-state index contributed by atoms with van der Waals surface area (Å²) in [5, 5.41) is 16.0. The Kier molecular flexibility index (Phi) is 6.00. The Balaban J connectivity index is 1.34. The number of fused-ring (bicyclic) bond motifs is 1. The van der Waals surface area contributed by atoms with Crippen molar-refractivity contribution in [2.45, 2.75) is 19.3 Å². The fourth-order valence-electron chi connectivity index (χ4n) is 3.21. The number of hydrogen-bond acceptors (Lipinski definition) is 8. The number of rotatable bonds is 5. The van der Waals surface area contributed by atoms with Crippen LogP contribution in [0.3, 0.4) is 0 Å². The number of carbonyl (C=O) groups excluding carboxylic acids is 1. The SMILES string of the molecule is O=C(Nc1cc(C(F)(F)F)no1)c1ccc(CN2CCOc3nc([N+](=O)[O-])cn3CC2)cc1. The lowest BCUT2D eigenvalue weighted by Gasteiger charge is -2.24. The van der Waals surface area contributed by atoms with E-state index in [2.05, 4.69) is 24.9 Å². The molecule has 11 nitrogen and oxygen atoms in total. The highest BCUT2D eigenvalue weighted by Gasteiger charge is 2.35. The second-order valence-electron chi connectivity index (χ2n) is 7.18. The number of halogens is 3. The van der Waals surface area contributed by atoms with Crippen molar-refractivity contribution < 1.29 is 32.1 Å². The van der Waals surface area contributed by atoms with Crippen LogP contribution < -0.4 is 10.1 Å². The van der Waals surface area contributed by atoms with Crippen LogP contribution in [0.1, 0.15) is 21.6 Å². The van der Waals surface area contributed by atoms with Crippen molar-refractivity contribution in [2.24, 2.45) is 0 Å². The van der Waals surface area contributed by atoms with Crippen LogP contribution in [-0.2, 0) is 19.3 Å². The molecule has 0 radical (unpaired) electrons. The Bertz CT molecular complexity index is 1160. The number of nitro groups is 1. The second kappa shape index (κ2) is 8.90. The Morgan fingerprint density at radius 1 is 1.21 bits per heavy atom. The van der Waals surface area contributed by atoms with E-state index in [4.69, 9.17) is 4.74 Å². The summed E-state index contributed by atoms with van der Waals surface area (Å²) < 4.78 is 49.3. The van der Waals surface area contributed by atoms with Gasteiger partial charge in [0.25, 0.3) is 5.91 Å². The van der Waals surface area contributed by atoms with Crippen molar-refractivity contribution in [2.75, 3.05) is 25.0 Å². The van der Waals surface area contributed by atoms with Gasteiger partial charge < -0.3 is 19.4 Å². The van der Waals surface area contributed by atoms with Crippen LogP contribution >= 0.6 is 0 Å². The maximum atomic E-state index is 12.6. The minimum atomic E-state index is -4.67. The number of benzene rings is 1. The first-order valence-electron chi connectivity index (χ1n) is 9.70. The minimum absolute atomic E-state index is 0.214. The Morgan fingerprint density at radius 2 is 1.97 bits per heavy atom. The molecule has 0 saturated heterocycles. The predicted octanol–water partition coefficient (Wildman–Crippen LogP) is 2.95. The summed E-state index contributed by atoms with van der Waals surface area (Å²) in [5.41, 5.74) is -0.110. The highest BCUT2D eigenvalue weighted by atomic mass is 19.4. The smallest absolute Gasteiger partial charge is 0.436 e. The van der Waals surface area contributed by atoms with Gasteiger partial charge >= 0.3 is 18.0 Å². The Hall–Kier alpha value is -3.94. The lowest BCUT2D eigenvalue weighted by atomic mass is 10.1. The maximum absolute atomic E-state index is 12.6. The monoisotopic (exact) mass is 466 g/mol. The molecule has 4 rings (SSSR count). The molecular formula is C19H17F3N6O5. The molecule has 0 spiro atoms. The van der Waals surface area contributed by atoms with Gasteiger partial charge in [0.15, 0.2) is 5.69 Å². The van der Waals surface area contributed by atoms with E-state index in [-0.39, 0.29) is 17.4 Å². The molecule has 3 aromatic rings. The molecule has 2 aromatic heterocycles. The van der Waals surface area contributed by atoms with Crippen LogP contribution in [0.15, 0.2) is 41.1 Å². The number of imidazole rings is 1. The summed E-state index contributed by atoms with van der Waals surface area (Å²) in [7, 11) is 0. The molecule has 0 saturated carbocycles. The molecule has 1 aliphatic rings. The number of carbonyl (C=O) groups is 1. The van der Waals surface area contributed by atoms with Crippen LogP contribution in [0.4, 0.5) is 24.9 Å². The fraction of sp³-hybridized carbons (Fsp3) is 0.316. The fourth-order valence-corrected chi connectivity index (χ4v) is 3.21.